The van der Waals surface area contributed by atoms with E-state index in [1.165, 1.54) is 0 Å². The first-order valence-corrected chi connectivity index (χ1v) is 7.95. The summed E-state index contributed by atoms with van der Waals surface area (Å²) >= 11 is 0. The minimum atomic E-state index is -1.99. The quantitative estimate of drug-likeness (QED) is 0.679. The molecule has 0 radical (unpaired) electrons. The first-order chi connectivity index (χ1) is 11.9. The second-order valence-electron chi connectivity index (χ2n) is 6.03. The third-order valence-electron chi connectivity index (χ3n) is 3.76. The summed E-state index contributed by atoms with van der Waals surface area (Å²) in [6, 6.07) is 19.2. The number of carbonyl (C=O) groups is 2. The minimum absolute atomic E-state index is 0.0502. The smallest absolute Gasteiger partial charge is 0.337 e. The second-order valence-corrected chi connectivity index (χ2v) is 6.03. The SMILES string of the molecule is CC(O)(CNC(=O)CN(Cc1ccccc1)c1ccccc1)C(=O)O. The van der Waals surface area contributed by atoms with Crippen LogP contribution in [0.3, 0.4) is 0 Å². The number of hydrogen-bond donors (Lipinski definition) is 3. The first kappa shape index (κ1) is 18.5. The highest BCUT2D eigenvalue weighted by Crippen LogP contribution is 2.16. The van der Waals surface area contributed by atoms with Gasteiger partial charge in [-0.3, -0.25) is 4.79 Å². The second kappa shape index (κ2) is 8.30. The highest BCUT2D eigenvalue weighted by Gasteiger charge is 2.30. The number of carboxylic acids is 1. The van der Waals surface area contributed by atoms with Gasteiger partial charge in [0, 0.05) is 12.2 Å². The molecule has 0 aliphatic heterocycles. The van der Waals surface area contributed by atoms with Gasteiger partial charge in [0.05, 0.1) is 13.1 Å². The summed E-state index contributed by atoms with van der Waals surface area (Å²) in [7, 11) is 0. The molecule has 1 unspecified atom stereocenters. The number of nitrogens with zero attached hydrogens (tertiary/aromatic N) is 1. The van der Waals surface area contributed by atoms with Crippen molar-refractivity contribution in [2.24, 2.45) is 0 Å². The van der Waals surface area contributed by atoms with Gasteiger partial charge in [-0.05, 0) is 24.6 Å². The molecule has 0 spiro atoms. The Hall–Kier alpha value is -2.86. The lowest BCUT2D eigenvalue weighted by atomic mass is 10.1. The molecule has 2 aromatic rings. The molecule has 25 heavy (non-hydrogen) atoms. The van der Waals surface area contributed by atoms with Crippen molar-refractivity contribution < 1.29 is 19.8 Å². The number of hydrogen-bond acceptors (Lipinski definition) is 4. The van der Waals surface area contributed by atoms with Crippen molar-refractivity contribution >= 4 is 17.6 Å². The Morgan fingerprint density at radius 2 is 1.60 bits per heavy atom. The molecule has 1 amide bonds. The largest absolute Gasteiger partial charge is 0.479 e. The summed E-state index contributed by atoms with van der Waals surface area (Å²) in [5.41, 5.74) is -0.0599. The molecule has 0 aromatic heterocycles. The molecule has 6 heteroatoms. The molecule has 0 aliphatic carbocycles. The molecule has 2 rings (SSSR count). The molecule has 132 valence electrons. The molecule has 0 heterocycles. The van der Waals surface area contributed by atoms with E-state index in [-0.39, 0.29) is 19.0 Å². The summed E-state index contributed by atoms with van der Waals surface area (Å²) < 4.78 is 0. The van der Waals surface area contributed by atoms with E-state index >= 15 is 0 Å². The number of amides is 1. The number of anilines is 1. The number of benzene rings is 2. The Bertz CT molecular complexity index is 702. The number of carbonyl (C=O) groups excluding carboxylic acids is 1. The minimum Gasteiger partial charge on any atom is -0.479 e. The lowest BCUT2D eigenvalue weighted by Crippen LogP contribution is -2.48. The van der Waals surface area contributed by atoms with Gasteiger partial charge < -0.3 is 20.4 Å². The predicted molar refractivity (Wildman–Crippen MR) is 95.2 cm³/mol. The van der Waals surface area contributed by atoms with Crippen LogP contribution in [0.2, 0.25) is 0 Å². The van der Waals surface area contributed by atoms with Crippen LogP contribution in [0.15, 0.2) is 60.7 Å². The van der Waals surface area contributed by atoms with Crippen LogP contribution in [0.5, 0.6) is 0 Å². The number of rotatable bonds is 8. The normalized spacial score (nSPS) is 12.9. The number of aliphatic hydroxyl groups is 1. The monoisotopic (exact) mass is 342 g/mol. The van der Waals surface area contributed by atoms with E-state index in [0.29, 0.717) is 6.54 Å². The number of aliphatic carboxylic acids is 1. The van der Waals surface area contributed by atoms with Gasteiger partial charge in [0.2, 0.25) is 5.91 Å². The van der Waals surface area contributed by atoms with Crippen LogP contribution < -0.4 is 10.2 Å². The Balaban J connectivity index is 2.06. The van der Waals surface area contributed by atoms with Crippen LogP contribution >= 0.6 is 0 Å². The predicted octanol–water partition coefficient (Wildman–Crippen LogP) is 1.65. The van der Waals surface area contributed by atoms with Crippen molar-refractivity contribution in [1.29, 1.82) is 0 Å². The van der Waals surface area contributed by atoms with Crippen LogP contribution in [0, 0.1) is 0 Å². The van der Waals surface area contributed by atoms with Crippen LogP contribution in [0.1, 0.15) is 12.5 Å². The third kappa shape index (κ3) is 5.61. The maximum atomic E-state index is 12.2. The van der Waals surface area contributed by atoms with Crippen LogP contribution in [-0.4, -0.2) is 40.8 Å². The number of carboxylic acid groups (broad SMARTS) is 1. The fourth-order valence-electron chi connectivity index (χ4n) is 2.26. The summed E-state index contributed by atoms with van der Waals surface area (Å²) in [6.07, 6.45) is 0. The molecule has 0 aliphatic rings. The van der Waals surface area contributed by atoms with Crippen molar-refractivity contribution in [2.45, 2.75) is 19.1 Å². The van der Waals surface area contributed by atoms with E-state index in [1.54, 1.807) is 0 Å². The van der Waals surface area contributed by atoms with Crippen LogP contribution in [0.4, 0.5) is 5.69 Å². The lowest BCUT2D eigenvalue weighted by molar-refractivity contribution is -0.156. The van der Waals surface area contributed by atoms with Gasteiger partial charge in [0.25, 0.3) is 0 Å². The van der Waals surface area contributed by atoms with Crippen molar-refractivity contribution in [3.8, 4) is 0 Å². The van der Waals surface area contributed by atoms with E-state index in [1.807, 2.05) is 65.6 Å². The third-order valence-corrected chi connectivity index (χ3v) is 3.76. The van der Waals surface area contributed by atoms with E-state index in [4.69, 9.17) is 5.11 Å². The van der Waals surface area contributed by atoms with E-state index < -0.39 is 11.6 Å². The molecule has 3 N–H and O–H groups in total. The molecule has 6 nitrogen and oxygen atoms in total. The van der Waals surface area contributed by atoms with E-state index in [9.17, 15) is 14.7 Å². The van der Waals surface area contributed by atoms with Crippen molar-refractivity contribution in [1.82, 2.24) is 5.32 Å². The molecular weight excluding hydrogens is 320 g/mol. The van der Waals surface area contributed by atoms with Crippen molar-refractivity contribution in [3.05, 3.63) is 66.2 Å². The molecule has 0 saturated heterocycles. The van der Waals surface area contributed by atoms with Gasteiger partial charge >= 0.3 is 5.97 Å². The Labute approximate surface area is 146 Å². The zero-order chi connectivity index (χ0) is 18.3. The summed E-state index contributed by atoms with van der Waals surface area (Å²) in [4.78, 5) is 25.0. The van der Waals surface area contributed by atoms with E-state index in [0.717, 1.165) is 18.2 Å². The highest BCUT2D eigenvalue weighted by atomic mass is 16.4. The van der Waals surface area contributed by atoms with Gasteiger partial charge in [-0.2, -0.15) is 0 Å². The van der Waals surface area contributed by atoms with Crippen LogP contribution in [-0.2, 0) is 16.1 Å². The summed E-state index contributed by atoms with van der Waals surface area (Å²) in [5.74, 6) is -1.74. The molecule has 1 atom stereocenters. The fraction of sp³-hybridized carbons (Fsp3) is 0.263. The molecule has 0 bridgehead atoms. The summed E-state index contributed by atoms with van der Waals surface area (Å²) in [6.45, 7) is 1.38. The van der Waals surface area contributed by atoms with Crippen LogP contribution in [0.25, 0.3) is 0 Å². The Kier molecular flexibility index (Phi) is 6.14. The standard InChI is InChI=1S/C19H22N2O4/c1-19(25,18(23)24)14-20-17(22)13-21(16-10-6-3-7-11-16)12-15-8-4-2-5-9-15/h2-11,25H,12-14H2,1H3,(H,20,22)(H,23,24). The van der Waals surface area contributed by atoms with Gasteiger partial charge in [-0.15, -0.1) is 0 Å². The average molecular weight is 342 g/mol. The number of para-hydroxylation sites is 1. The van der Waals surface area contributed by atoms with Gasteiger partial charge in [-0.25, -0.2) is 4.79 Å². The highest BCUT2D eigenvalue weighted by molar-refractivity contribution is 5.83. The van der Waals surface area contributed by atoms with Gasteiger partial charge in [0.15, 0.2) is 5.60 Å². The molecule has 2 aromatic carbocycles. The van der Waals surface area contributed by atoms with E-state index in [2.05, 4.69) is 5.32 Å². The fourth-order valence-corrected chi connectivity index (χ4v) is 2.26. The Morgan fingerprint density at radius 3 is 2.16 bits per heavy atom. The average Bonchev–Trinajstić information content (AvgIpc) is 2.61. The van der Waals surface area contributed by atoms with Gasteiger partial charge in [0.1, 0.15) is 0 Å². The first-order valence-electron chi connectivity index (χ1n) is 7.95. The number of nitrogens with one attached hydrogen (secondary N) is 1. The van der Waals surface area contributed by atoms with Crippen molar-refractivity contribution in [3.63, 3.8) is 0 Å². The molecule has 0 saturated carbocycles. The zero-order valence-corrected chi connectivity index (χ0v) is 14.1. The molecule has 0 fully saturated rings. The topological polar surface area (TPSA) is 89.9 Å². The zero-order valence-electron chi connectivity index (χ0n) is 14.1. The van der Waals surface area contributed by atoms with Gasteiger partial charge in [-0.1, -0.05) is 48.5 Å². The maximum absolute atomic E-state index is 12.2. The summed E-state index contributed by atoms with van der Waals surface area (Å²) in [5, 5.41) is 21.1. The molecular formula is C19H22N2O4. The Morgan fingerprint density at radius 1 is 1.04 bits per heavy atom. The lowest BCUT2D eigenvalue weighted by Gasteiger charge is -2.25. The maximum Gasteiger partial charge on any atom is 0.337 e. The van der Waals surface area contributed by atoms with Crippen molar-refractivity contribution in [2.75, 3.05) is 18.0 Å².